The lowest BCUT2D eigenvalue weighted by Crippen LogP contribution is -1.78. The molecule has 0 bridgehead atoms. The number of halogens is 1. The van der Waals surface area contributed by atoms with E-state index in [9.17, 15) is 3.89 Å². The Morgan fingerprint density at radius 3 is 3.00 bits per heavy atom. The Kier molecular flexibility index (Phi) is 1.70. The Bertz CT molecular complexity index is 238. The lowest BCUT2D eigenvalue weighted by molar-refractivity contribution is 0.878. The fourth-order valence-electron chi connectivity index (χ4n) is 0.400. The highest BCUT2D eigenvalue weighted by Gasteiger charge is 1.94. The summed E-state index contributed by atoms with van der Waals surface area (Å²) >= 11 is -0.0406. The van der Waals surface area contributed by atoms with E-state index in [1.807, 2.05) is 6.07 Å². The van der Waals surface area contributed by atoms with Gasteiger partial charge in [0.15, 0.2) is 12.3 Å². The predicted molar refractivity (Wildman–Crippen MR) is 31.0 cm³/mol. The van der Waals surface area contributed by atoms with E-state index in [0.717, 1.165) is 4.09 Å². The topological polar surface area (TPSA) is 41.6 Å². The van der Waals surface area contributed by atoms with Crippen LogP contribution in [0.1, 0.15) is 5.56 Å². The maximum atomic E-state index is 11.6. The largest absolute Gasteiger partial charge is 0.192 e. The van der Waals surface area contributed by atoms with Gasteiger partial charge in [0.05, 0.1) is 18.0 Å². The Morgan fingerprint density at radius 2 is 2.67 bits per heavy atom. The molecule has 0 unspecified atom stereocenters. The summed E-state index contributed by atoms with van der Waals surface area (Å²) in [4.78, 5) is 0. The van der Waals surface area contributed by atoms with Gasteiger partial charge in [-0.25, -0.2) is 0 Å². The highest BCUT2D eigenvalue weighted by atomic mass is 32.2. The third-order valence-electron chi connectivity index (χ3n) is 0.760. The average Bonchev–Trinajstić information content (AvgIpc) is 2.34. The van der Waals surface area contributed by atoms with Gasteiger partial charge in [-0.2, -0.15) is 14.4 Å². The zero-order valence-corrected chi connectivity index (χ0v) is 5.10. The van der Waals surface area contributed by atoms with Crippen molar-refractivity contribution in [2.45, 2.75) is 0 Å². The molecule has 1 aromatic heterocycles. The molecule has 0 aliphatic heterocycles. The molecule has 0 aliphatic carbocycles. The van der Waals surface area contributed by atoms with Crippen LogP contribution in [0.2, 0.25) is 0 Å². The second kappa shape index (κ2) is 2.51. The molecule has 0 aliphatic rings. The molecule has 5 heteroatoms. The van der Waals surface area contributed by atoms with Crippen molar-refractivity contribution >= 4 is 12.3 Å². The molecule has 9 heavy (non-hydrogen) atoms. The van der Waals surface area contributed by atoms with Crippen molar-refractivity contribution in [3.8, 4) is 6.07 Å². The summed E-state index contributed by atoms with van der Waals surface area (Å²) in [5.41, 5.74) is 0.361. The molecule has 0 aromatic carbocycles. The minimum Gasteiger partial charge on any atom is -0.192 e. The van der Waals surface area contributed by atoms with Crippen LogP contribution in [0.4, 0.5) is 3.89 Å². The first-order valence-electron chi connectivity index (χ1n) is 2.10. The normalized spacial score (nSPS) is 8.89. The van der Waals surface area contributed by atoms with E-state index in [-0.39, 0.29) is 12.3 Å². The summed E-state index contributed by atoms with van der Waals surface area (Å²) in [6.45, 7) is 0. The van der Waals surface area contributed by atoms with Crippen LogP contribution in [0.25, 0.3) is 0 Å². The van der Waals surface area contributed by atoms with Crippen molar-refractivity contribution < 1.29 is 3.89 Å². The number of nitrogens with zero attached hydrogens (tertiary/aromatic N) is 3. The van der Waals surface area contributed by atoms with Gasteiger partial charge >= 0.3 is 0 Å². The van der Waals surface area contributed by atoms with Crippen LogP contribution < -0.4 is 0 Å². The van der Waals surface area contributed by atoms with Crippen molar-refractivity contribution in [1.82, 2.24) is 9.19 Å². The molecule has 0 amide bonds. The Balaban J connectivity index is 2.90. The quantitative estimate of drug-likeness (QED) is 0.591. The summed E-state index contributed by atoms with van der Waals surface area (Å²) in [5.74, 6) is 0. The molecular formula is C4H2FN3S. The molecule has 0 radical (unpaired) electrons. The summed E-state index contributed by atoms with van der Waals surface area (Å²) in [5, 5.41) is 11.7. The maximum absolute atomic E-state index is 11.6. The van der Waals surface area contributed by atoms with E-state index < -0.39 is 0 Å². The molecule has 0 N–H and O–H groups in total. The van der Waals surface area contributed by atoms with Crippen LogP contribution in [-0.4, -0.2) is 9.19 Å². The van der Waals surface area contributed by atoms with E-state index in [2.05, 4.69) is 5.10 Å². The fraction of sp³-hybridized carbons (Fsp3) is 0. The van der Waals surface area contributed by atoms with Crippen LogP contribution in [0.5, 0.6) is 0 Å². The van der Waals surface area contributed by atoms with Crippen molar-refractivity contribution in [2.75, 3.05) is 0 Å². The number of hydrogen-bond donors (Lipinski definition) is 0. The van der Waals surface area contributed by atoms with Gasteiger partial charge in [0.25, 0.3) is 0 Å². The Morgan fingerprint density at radius 1 is 1.89 bits per heavy atom. The Hall–Kier alpha value is -1.02. The van der Waals surface area contributed by atoms with Crippen LogP contribution >= 0.6 is 12.3 Å². The number of aromatic nitrogens is 2. The van der Waals surface area contributed by atoms with Gasteiger partial charge in [-0.05, 0) is 0 Å². The first-order valence-corrected chi connectivity index (χ1v) is 2.78. The minimum atomic E-state index is -0.0406. The molecule has 0 saturated heterocycles. The number of hydrogen-bond acceptors (Lipinski definition) is 3. The zero-order valence-electron chi connectivity index (χ0n) is 4.28. The highest BCUT2D eigenvalue weighted by molar-refractivity contribution is 7.92. The molecule has 1 rings (SSSR count). The van der Waals surface area contributed by atoms with Gasteiger partial charge in [0, 0.05) is 0 Å². The predicted octanol–water partition coefficient (Wildman–Crippen LogP) is 1.14. The van der Waals surface area contributed by atoms with Gasteiger partial charge in [-0.3, -0.25) is 0 Å². The van der Waals surface area contributed by atoms with Crippen LogP contribution in [0, 0.1) is 11.3 Å². The molecule has 0 saturated carbocycles. The summed E-state index contributed by atoms with van der Waals surface area (Å²) in [6, 6.07) is 1.82. The molecule has 1 aromatic rings. The molecule has 3 nitrogen and oxygen atoms in total. The standard InChI is InChI=1S/C4H2FN3S/c5-9-8-3-4(1-6)2-7-8/h2-3H. The van der Waals surface area contributed by atoms with Crippen molar-refractivity contribution in [3.05, 3.63) is 18.0 Å². The molecule has 46 valence electrons. The molecule has 1 heterocycles. The third kappa shape index (κ3) is 1.21. The zero-order chi connectivity index (χ0) is 6.69. The van der Waals surface area contributed by atoms with E-state index in [1.54, 1.807) is 0 Å². The Labute approximate surface area is 55.5 Å². The van der Waals surface area contributed by atoms with Gasteiger partial charge in [0.1, 0.15) is 6.07 Å². The van der Waals surface area contributed by atoms with Crippen molar-refractivity contribution in [1.29, 1.82) is 5.26 Å². The molecule has 0 spiro atoms. The van der Waals surface area contributed by atoms with E-state index in [1.165, 1.54) is 12.4 Å². The lowest BCUT2D eigenvalue weighted by Gasteiger charge is -1.81. The molecular weight excluding hydrogens is 141 g/mol. The van der Waals surface area contributed by atoms with Crippen LogP contribution in [-0.2, 0) is 0 Å². The van der Waals surface area contributed by atoms with Gasteiger partial charge in [-0.1, -0.05) is 0 Å². The lowest BCUT2D eigenvalue weighted by atomic mass is 10.4. The molecule has 0 fully saturated rings. The summed E-state index contributed by atoms with van der Waals surface area (Å²) in [6.07, 6.45) is 2.61. The fourth-order valence-corrected chi connectivity index (χ4v) is 0.636. The van der Waals surface area contributed by atoms with Gasteiger partial charge in [-0.15, -0.1) is 3.89 Å². The summed E-state index contributed by atoms with van der Waals surface area (Å²) < 4.78 is 12.6. The second-order valence-corrected chi connectivity index (χ2v) is 1.82. The van der Waals surface area contributed by atoms with E-state index in [0.29, 0.717) is 5.56 Å². The van der Waals surface area contributed by atoms with Crippen molar-refractivity contribution in [3.63, 3.8) is 0 Å². The van der Waals surface area contributed by atoms with E-state index in [4.69, 9.17) is 5.26 Å². The third-order valence-corrected chi connectivity index (χ3v) is 1.10. The summed E-state index contributed by atoms with van der Waals surface area (Å²) in [7, 11) is 0. The van der Waals surface area contributed by atoms with Gasteiger partial charge < -0.3 is 0 Å². The average molecular weight is 143 g/mol. The smallest absolute Gasteiger partial charge is 0.187 e. The van der Waals surface area contributed by atoms with Crippen molar-refractivity contribution in [2.24, 2.45) is 0 Å². The minimum absolute atomic E-state index is 0.0406. The second-order valence-electron chi connectivity index (χ2n) is 1.31. The molecule has 0 atom stereocenters. The first-order chi connectivity index (χ1) is 4.36. The monoisotopic (exact) mass is 143 g/mol. The van der Waals surface area contributed by atoms with E-state index >= 15 is 0 Å². The van der Waals surface area contributed by atoms with Gasteiger partial charge in [0.2, 0.25) is 0 Å². The maximum Gasteiger partial charge on any atom is 0.187 e. The number of nitriles is 1. The SMILES string of the molecule is N#Cc1cnn(SF)c1. The number of rotatable bonds is 1. The highest BCUT2D eigenvalue weighted by Crippen LogP contribution is 2.05. The van der Waals surface area contributed by atoms with Crippen LogP contribution in [0.3, 0.4) is 0 Å². The first kappa shape index (κ1) is 6.11. The van der Waals surface area contributed by atoms with Crippen LogP contribution in [0.15, 0.2) is 12.4 Å².